The predicted octanol–water partition coefficient (Wildman–Crippen LogP) is 2.08. The highest BCUT2D eigenvalue weighted by Gasteiger charge is 2.26. The van der Waals surface area contributed by atoms with Gasteiger partial charge in [0.05, 0.1) is 18.8 Å². The molecule has 3 amide bonds. The smallest absolute Gasteiger partial charge is 0.338 e. The lowest BCUT2D eigenvalue weighted by Crippen LogP contribution is -2.51. The minimum Gasteiger partial charge on any atom is -0.465 e. The Morgan fingerprint density at radius 2 is 1.59 bits per heavy atom. The van der Waals surface area contributed by atoms with Gasteiger partial charge in [0.2, 0.25) is 5.91 Å². The number of rotatable bonds is 10. The van der Waals surface area contributed by atoms with E-state index in [-0.39, 0.29) is 25.7 Å². The third-order valence-corrected chi connectivity index (χ3v) is 4.14. The molecule has 0 fully saturated rings. The lowest BCUT2D eigenvalue weighted by atomic mass is 9.98. The Morgan fingerprint density at radius 1 is 0.966 bits per heavy atom. The van der Waals surface area contributed by atoms with Gasteiger partial charge in [-0.25, -0.2) is 9.59 Å². The molecule has 2 atom stereocenters. The summed E-state index contributed by atoms with van der Waals surface area (Å²) in [7, 11) is 0. The van der Waals surface area contributed by atoms with Gasteiger partial charge in [-0.15, -0.1) is 0 Å². The highest BCUT2D eigenvalue weighted by Crippen LogP contribution is 2.14. The molecule has 9 heteroatoms. The molecule has 0 saturated carbocycles. The Balaban J connectivity index is 2.72. The molecule has 0 saturated heterocycles. The summed E-state index contributed by atoms with van der Waals surface area (Å²) in [5.74, 6) is -1.56. The Morgan fingerprint density at radius 3 is 2.14 bits per heavy atom. The number of ether oxygens (including phenoxy) is 2. The minimum atomic E-state index is -0.813. The van der Waals surface area contributed by atoms with Crippen molar-refractivity contribution in [3.63, 3.8) is 0 Å². The van der Waals surface area contributed by atoms with Gasteiger partial charge in [0.1, 0.15) is 12.6 Å². The van der Waals surface area contributed by atoms with Gasteiger partial charge in [-0.05, 0) is 44.0 Å². The number of hydrogen-bond acceptors (Lipinski definition) is 6. The molecule has 0 aliphatic carbocycles. The first-order chi connectivity index (χ1) is 13.8. The van der Waals surface area contributed by atoms with Crippen molar-refractivity contribution in [3.8, 4) is 0 Å². The molecule has 0 aliphatic rings. The molecule has 0 radical (unpaired) electrons. The van der Waals surface area contributed by atoms with E-state index in [2.05, 4.69) is 16.0 Å². The molecule has 1 aromatic rings. The fourth-order valence-electron chi connectivity index (χ4n) is 2.38. The topological polar surface area (TPSA) is 123 Å². The molecule has 0 bridgehead atoms. The first-order valence-electron chi connectivity index (χ1n) is 9.60. The first kappa shape index (κ1) is 23.9. The largest absolute Gasteiger partial charge is 0.465 e. The monoisotopic (exact) mass is 407 g/mol. The molecule has 0 heterocycles. The second-order valence-electron chi connectivity index (χ2n) is 6.28. The Hall–Kier alpha value is -3.10. The predicted molar refractivity (Wildman–Crippen MR) is 107 cm³/mol. The molecule has 0 aromatic heterocycles. The average molecular weight is 407 g/mol. The molecular formula is C20H29N3O6. The second-order valence-corrected chi connectivity index (χ2v) is 6.28. The summed E-state index contributed by atoms with van der Waals surface area (Å²) in [4.78, 5) is 47.8. The van der Waals surface area contributed by atoms with Gasteiger partial charge in [0.15, 0.2) is 0 Å². The average Bonchev–Trinajstić information content (AvgIpc) is 2.70. The molecule has 0 aliphatic heterocycles. The van der Waals surface area contributed by atoms with Crippen LogP contribution in [0.25, 0.3) is 0 Å². The number of hydrogen-bond donors (Lipinski definition) is 3. The number of anilines is 1. The second kappa shape index (κ2) is 12.4. The van der Waals surface area contributed by atoms with Crippen LogP contribution in [-0.4, -0.2) is 49.7 Å². The Labute approximate surface area is 170 Å². The van der Waals surface area contributed by atoms with Crippen LogP contribution >= 0.6 is 0 Å². The SMILES string of the molecule is CCOC(=O)CNC(=O)NC(C(=O)Nc1ccc(C(=O)OCC)cc1)C(C)CC. The summed E-state index contributed by atoms with van der Waals surface area (Å²) in [6, 6.07) is 4.80. The summed E-state index contributed by atoms with van der Waals surface area (Å²) in [5, 5.41) is 7.68. The molecule has 29 heavy (non-hydrogen) atoms. The van der Waals surface area contributed by atoms with Crippen molar-refractivity contribution in [1.82, 2.24) is 10.6 Å². The first-order valence-corrected chi connectivity index (χ1v) is 9.60. The highest BCUT2D eigenvalue weighted by molar-refractivity contribution is 5.98. The van der Waals surface area contributed by atoms with Gasteiger partial charge in [-0.3, -0.25) is 9.59 Å². The van der Waals surface area contributed by atoms with Crippen LogP contribution in [0, 0.1) is 5.92 Å². The van der Waals surface area contributed by atoms with E-state index in [1.54, 1.807) is 38.1 Å². The molecule has 1 aromatic carbocycles. The van der Waals surface area contributed by atoms with Crippen molar-refractivity contribution in [1.29, 1.82) is 0 Å². The third-order valence-electron chi connectivity index (χ3n) is 4.14. The lowest BCUT2D eigenvalue weighted by Gasteiger charge is -2.23. The third kappa shape index (κ3) is 8.20. The molecule has 0 spiro atoms. The van der Waals surface area contributed by atoms with Gasteiger partial charge in [0.25, 0.3) is 0 Å². The maximum Gasteiger partial charge on any atom is 0.338 e. The number of nitrogens with one attached hydrogen (secondary N) is 3. The number of carbonyl (C=O) groups excluding carboxylic acids is 4. The fraction of sp³-hybridized carbons (Fsp3) is 0.500. The maximum atomic E-state index is 12.7. The summed E-state index contributed by atoms with van der Waals surface area (Å²) >= 11 is 0. The number of amides is 3. The van der Waals surface area contributed by atoms with E-state index in [9.17, 15) is 19.2 Å². The van der Waals surface area contributed by atoms with Crippen molar-refractivity contribution in [3.05, 3.63) is 29.8 Å². The van der Waals surface area contributed by atoms with E-state index in [4.69, 9.17) is 9.47 Å². The quantitative estimate of drug-likeness (QED) is 0.510. The molecule has 2 unspecified atom stereocenters. The van der Waals surface area contributed by atoms with E-state index >= 15 is 0 Å². The van der Waals surface area contributed by atoms with E-state index in [0.29, 0.717) is 17.7 Å². The van der Waals surface area contributed by atoms with Crippen LogP contribution in [0.5, 0.6) is 0 Å². The highest BCUT2D eigenvalue weighted by atomic mass is 16.5. The number of benzene rings is 1. The van der Waals surface area contributed by atoms with Gasteiger partial charge >= 0.3 is 18.0 Å². The lowest BCUT2D eigenvalue weighted by molar-refractivity contribution is -0.141. The zero-order valence-corrected chi connectivity index (χ0v) is 17.2. The van der Waals surface area contributed by atoms with Crippen molar-refractivity contribution < 1.29 is 28.7 Å². The molecule has 9 nitrogen and oxygen atoms in total. The zero-order valence-electron chi connectivity index (χ0n) is 17.2. The molecular weight excluding hydrogens is 378 g/mol. The van der Waals surface area contributed by atoms with Crippen LogP contribution in [0.1, 0.15) is 44.5 Å². The minimum absolute atomic E-state index is 0.151. The van der Waals surface area contributed by atoms with Gasteiger partial charge in [-0.1, -0.05) is 20.3 Å². The number of carbonyl (C=O) groups is 4. The van der Waals surface area contributed by atoms with E-state index < -0.39 is 29.9 Å². The van der Waals surface area contributed by atoms with Crippen LogP contribution in [0.2, 0.25) is 0 Å². The summed E-state index contributed by atoms with van der Waals surface area (Å²) in [6.07, 6.45) is 0.651. The van der Waals surface area contributed by atoms with Crippen LogP contribution < -0.4 is 16.0 Å². The molecule has 3 N–H and O–H groups in total. The van der Waals surface area contributed by atoms with Crippen LogP contribution in [0.3, 0.4) is 0 Å². The van der Waals surface area contributed by atoms with Crippen LogP contribution in [-0.2, 0) is 19.1 Å². The molecule has 160 valence electrons. The zero-order chi connectivity index (χ0) is 21.8. The fourth-order valence-corrected chi connectivity index (χ4v) is 2.38. The van der Waals surface area contributed by atoms with Crippen LogP contribution in [0.15, 0.2) is 24.3 Å². The summed E-state index contributed by atoms with van der Waals surface area (Å²) in [5.41, 5.74) is 0.852. The number of urea groups is 1. The van der Waals surface area contributed by atoms with Crippen LogP contribution in [0.4, 0.5) is 10.5 Å². The van der Waals surface area contributed by atoms with Gasteiger partial charge in [-0.2, -0.15) is 0 Å². The Kier molecular flexibility index (Phi) is 10.2. The van der Waals surface area contributed by atoms with Gasteiger partial charge in [0, 0.05) is 5.69 Å². The normalized spacial score (nSPS) is 12.3. The van der Waals surface area contributed by atoms with Crippen molar-refractivity contribution in [2.24, 2.45) is 5.92 Å². The van der Waals surface area contributed by atoms with Crippen molar-refractivity contribution in [2.75, 3.05) is 25.1 Å². The van der Waals surface area contributed by atoms with E-state index in [0.717, 1.165) is 0 Å². The maximum absolute atomic E-state index is 12.7. The Bertz CT molecular complexity index is 705. The molecule has 1 rings (SSSR count). The summed E-state index contributed by atoms with van der Waals surface area (Å²) < 4.78 is 9.66. The van der Waals surface area contributed by atoms with Gasteiger partial charge < -0.3 is 25.4 Å². The van der Waals surface area contributed by atoms with E-state index in [1.165, 1.54) is 0 Å². The van der Waals surface area contributed by atoms with Crippen molar-refractivity contribution in [2.45, 2.75) is 40.2 Å². The van der Waals surface area contributed by atoms with E-state index in [1.807, 2.05) is 13.8 Å². The number of esters is 2. The summed E-state index contributed by atoms with van der Waals surface area (Å²) in [6.45, 7) is 7.32. The standard InChI is InChI=1S/C20H29N3O6/c1-5-13(4)17(23-20(27)21-12-16(24)28-6-2)18(25)22-15-10-8-14(9-11-15)19(26)29-7-3/h8-11,13,17H,5-7,12H2,1-4H3,(H,22,25)(H2,21,23,27). The van der Waals surface area contributed by atoms with Crippen molar-refractivity contribution >= 4 is 29.6 Å².